The van der Waals surface area contributed by atoms with Crippen LogP contribution in [-0.4, -0.2) is 45.0 Å². The Morgan fingerprint density at radius 1 is 1.38 bits per heavy atom. The van der Waals surface area contributed by atoms with Crippen molar-refractivity contribution in [3.63, 3.8) is 0 Å². The van der Waals surface area contributed by atoms with Gasteiger partial charge in [-0.25, -0.2) is 13.4 Å². The summed E-state index contributed by atoms with van der Waals surface area (Å²) in [5.74, 6) is 1.28. The first kappa shape index (κ1) is 11.2. The van der Waals surface area contributed by atoms with Crippen molar-refractivity contribution in [2.75, 3.05) is 41.9 Å². The Hall–Kier alpha value is -1.30. The Labute approximate surface area is 95.4 Å². The fraction of sp³-hybridized carbons (Fsp3) is 0.500. The third-order valence-corrected chi connectivity index (χ3v) is 4.32. The van der Waals surface area contributed by atoms with Crippen LogP contribution < -0.4 is 10.2 Å². The molecule has 1 N–H and O–H groups in total. The molecule has 1 fully saturated rings. The zero-order chi connectivity index (χ0) is 11.6. The molecule has 6 heteroatoms. The van der Waals surface area contributed by atoms with Crippen molar-refractivity contribution in [2.24, 2.45) is 0 Å². The summed E-state index contributed by atoms with van der Waals surface area (Å²) in [7, 11) is -1.000. The second-order valence-electron chi connectivity index (χ2n) is 3.79. The highest BCUT2D eigenvalue weighted by Crippen LogP contribution is 2.19. The van der Waals surface area contributed by atoms with Gasteiger partial charge in [-0.05, 0) is 6.07 Å². The number of pyridine rings is 1. The maximum absolute atomic E-state index is 11.3. The molecule has 1 aliphatic heterocycles. The van der Waals surface area contributed by atoms with Gasteiger partial charge in [-0.15, -0.1) is 0 Å². The molecule has 16 heavy (non-hydrogen) atoms. The number of rotatable bonds is 2. The van der Waals surface area contributed by atoms with Crippen LogP contribution in [0.4, 0.5) is 11.5 Å². The van der Waals surface area contributed by atoms with E-state index >= 15 is 0 Å². The Balaban J connectivity index is 2.13. The minimum Gasteiger partial charge on any atom is -0.373 e. The van der Waals surface area contributed by atoms with Crippen LogP contribution in [0.5, 0.6) is 0 Å². The van der Waals surface area contributed by atoms with Crippen molar-refractivity contribution in [1.82, 2.24) is 4.98 Å². The quantitative estimate of drug-likeness (QED) is 0.810. The molecule has 1 aromatic rings. The van der Waals surface area contributed by atoms with Crippen molar-refractivity contribution >= 4 is 21.3 Å². The van der Waals surface area contributed by atoms with E-state index in [0.29, 0.717) is 13.1 Å². The summed E-state index contributed by atoms with van der Waals surface area (Å²) in [5.41, 5.74) is 1.02. The van der Waals surface area contributed by atoms with Gasteiger partial charge < -0.3 is 10.2 Å². The van der Waals surface area contributed by atoms with E-state index in [2.05, 4.69) is 15.2 Å². The van der Waals surface area contributed by atoms with Crippen LogP contribution in [0.3, 0.4) is 0 Å². The lowest BCUT2D eigenvalue weighted by molar-refractivity contribution is 0.587. The van der Waals surface area contributed by atoms with Crippen LogP contribution in [0.15, 0.2) is 18.3 Å². The maximum Gasteiger partial charge on any atom is 0.153 e. The third-order valence-electron chi connectivity index (χ3n) is 2.71. The van der Waals surface area contributed by atoms with E-state index in [9.17, 15) is 8.42 Å². The van der Waals surface area contributed by atoms with Gasteiger partial charge in [0, 0.05) is 38.1 Å². The minimum absolute atomic E-state index is 0.240. The Kier molecular flexibility index (Phi) is 3.00. The minimum atomic E-state index is -2.81. The fourth-order valence-electron chi connectivity index (χ4n) is 1.72. The van der Waals surface area contributed by atoms with E-state index < -0.39 is 9.84 Å². The van der Waals surface area contributed by atoms with E-state index in [1.54, 1.807) is 6.20 Å². The highest BCUT2D eigenvalue weighted by molar-refractivity contribution is 7.91. The average molecular weight is 241 g/mol. The van der Waals surface area contributed by atoms with Crippen LogP contribution in [0, 0.1) is 0 Å². The number of sulfone groups is 1. The Morgan fingerprint density at radius 3 is 2.69 bits per heavy atom. The lowest BCUT2D eigenvalue weighted by Crippen LogP contribution is -2.40. The number of hydrogen-bond donors (Lipinski definition) is 1. The van der Waals surface area contributed by atoms with E-state index in [0.717, 1.165) is 11.5 Å². The molecular formula is C10H15N3O2S. The van der Waals surface area contributed by atoms with Gasteiger partial charge >= 0.3 is 0 Å². The topological polar surface area (TPSA) is 62.3 Å². The van der Waals surface area contributed by atoms with Crippen molar-refractivity contribution in [1.29, 1.82) is 0 Å². The standard InChI is InChI=1S/C10H15N3O2S/c1-11-10-8-9(2-3-12-10)13-4-6-16(14,15)7-5-13/h2-3,8H,4-7H2,1H3,(H,11,12). The van der Waals surface area contributed by atoms with Gasteiger partial charge in [-0.3, -0.25) is 0 Å². The zero-order valence-corrected chi connectivity index (χ0v) is 10.00. The molecule has 2 rings (SSSR count). The van der Waals surface area contributed by atoms with Gasteiger partial charge in [0.05, 0.1) is 11.5 Å². The molecule has 0 amide bonds. The van der Waals surface area contributed by atoms with Gasteiger partial charge in [-0.2, -0.15) is 0 Å². The monoisotopic (exact) mass is 241 g/mol. The summed E-state index contributed by atoms with van der Waals surface area (Å²) in [6.45, 7) is 1.13. The Morgan fingerprint density at radius 2 is 2.06 bits per heavy atom. The third kappa shape index (κ3) is 2.44. The van der Waals surface area contributed by atoms with Gasteiger partial charge in [0.1, 0.15) is 5.82 Å². The summed E-state index contributed by atoms with van der Waals surface area (Å²) in [5, 5.41) is 2.97. The van der Waals surface area contributed by atoms with Crippen LogP contribution in [0.2, 0.25) is 0 Å². The first-order valence-electron chi connectivity index (χ1n) is 5.20. The smallest absolute Gasteiger partial charge is 0.153 e. The lowest BCUT2D eigenvalue weighted by atomic mass is 10.3. The molecule has 2 heterocycles. The normalized spacial score (nSPS) is 19.4. The van der Waals surface area contributed by atoms with Crippen molar-refractivity contribution in [3.05, 3.63) is 18.3 Å². The molecule has 1 aliphatic rings. The van der Waals surface area contributed by atoms with E-state index in [1.165, 1.54) is 0 Å². The van der Waals surface area contributed by atoms with Crippen LogP contribution >= 0.6 is 0 Å². The lowest BCUT2D eigenvalue weighted by Gasteiger charge is -2.28. The molecule has 0 saturated carbocycles. The summed E-state index contributed by atoms with van der Waals surface area (Å²) in [6.07, 6.45) is 1.73. The molecule has 0 aliphatic carbocycles. The zero-order valence-electron chi connectivity index (χ0n) is 9.18. The summed E-state index contributed by atoms with van der Waals surface area (Å²) in [6, 6.07) is 3.83. The molecule has 0 spiro atoms. The number of nitrogens with one attached hydrogen (secondary N) is 1. The van der Waals surface area contributed by atoms with Crippen LogP contribution in [-0.2, 0) is 9.84 Å². The molecule has 1 aromatic heterocycles. The molecule has 88 valence electrons. The highest BCUT2D eigenvalue weighted by Gasteiger charge is 2.21. The highest BCUT2D eigenvalue weighted by atomic mass is 32.2. The van der Waals surface area contributed by atoms with Crippen molar-refractivity contribution in [2.45, 2.75) is 0 Å². The SMILES string of the molecule is CNc1cc(N2CCS(=O)(=O)CC2)ccn1. The second-order valence-corrected chi connectivity index (χ2v) is 6.09. The second kappa shape index (κ2) is 4.29. The molecule has 0 bridgehead atoms. The number of nitrogens with zero attached hydrogens (tertiary/aromatic N) is 2. The summed E-state index contributed by atoms with van der Waals surface area (Å²) < 4.78 is 22.6. The van der Waals surface area contributed by atoms with E-state index in [1.807, 2.05) is 19.2 Å². The van der Waals surface area contributed by atoms with E-state index in [-0.39, 0.29) is 11.5 Å². The largest absolute Gasteiger partial charge is 0.373 e. The molecular weight excluding hydrogens is 226 g/mol. The first-order chi connectivity index (χ1) is 7.61. The maximum atomic E-state index is 11.3. The van der Waals surface area contributed by atoms with Gasteiger partial charge in [0.25, 0.3) is 0 Å². The van der Waals surface area contributed by atoms with Crippen molar-refractivity contribution < 1.29 is 8.42 Å². The number of aromatic nitrogens is 1. The summed E-state index contributed by atoms with van der Waals surface area (Å²) in [4.78, 5) is 6.20. The average Bonchev–Trinajstić information content (AvgIpc) is 2.29. The van der Waals surface area contributed by atoms with Gasteiger partial charge in [-0.1, -0.05) is 0 Å². The predicted molar refractivity (Wildman–Crippen MR) is 64.7 cm³/mol. The van der Waals surface area contributed by atoms with Gasteiger partial charge in [0.2, 0.25) is 0 Å². The Bertz CT molecular complexity index is 459. The van der Waals surface area contributed by atoms with Crippen LogP contribution in [0.25, 0.3) is 0 Å². The number of hydrogen-bond acceptors (Lipinski definition) is 5. The molecule has 0 atom stereocenters. The molecule has 0 unspecified atom stereocenters. The van der Waals surface area contributed by atoms with Crippen molar-refractivity contribution in [3.8, 4) is 0 Å². The van der Waals surface area contributed by atoms with E-state index in [4.69, 9.17) is 0 Å². The first-order valence-corrected chi connectivity index (χ1v) is 7.02. The fourth-order valence-corrected chi connectivity index (χ4v) is 2.92. The van der Waals surface area contributed by atoms with Gasteiger partial charge in [0.15, 0.2) is 9.84 Å². The molecule has 5 nitrogen and oxygen atoms in total. The molecule has 1 saturated heterocycles. The number of anilines is 2. The predicted octanol–water partition coefficient (Wildman–Crippen LogP) is 0.358. The molecule has 0 aromatic carbocycles. The van der Waals surface area contributed by atoms with Crippen LogP contribution in [0.1, 0.15) is 0 Å². The molecule has 0 radical (unpaired) electrons. The summed E-state index contributed by atoms with van der Waals surface area (Å²) >= 11 is 0.